The third-order valence-electron chi connectivity index (χ3n) is 2.38. The van der Waals surface area contributed by atoms with E-state index in [0.29, 0.717) is 18.4 Å². The maximum absolute atomic E-state index is 13.5. The number of carbonyl (C=O) groups excluding carboxylic acids is 1. The molecule has 18 heavy (non-hydrogen) atoms. The topological polar surface area (TPSA) is 38.3 Å². The van der Waals surface area contributed by atoms with Crippen LogP contribution in [-0.4, -0.2) is 31.0 Å². The summed E-state index contributed by atoms with van der Waals surface area (Å²) in [4.78, 5) is 11.9. The Hall–Kier alpha value is -0.650. The van der Waals surface area contributed by atoms with Gasteiger partial charge in [-0.15, -0.1) is 0 Å². The minimum absolute atomic E-state index is 0.104. The van der Waals surface area contributed by atoms with Crippen LogP contribution in [0.15, 0.2) is 18.2 Å². The monoisotopic (exact) mass is 337 g/mol. The van der Waals surface area contributed by atoms with Crippen molar-refractivity contribution in [2.24, 2.45) is 0 Å². The second-order valence-corrected chi connectivity index (χ2v) is 4.76. The van der Waals surface area contributed by atoms with Crippen LogP contribution in [0.1, 0.15) is 16.8 Å². The summed E-state index contributed by atoms with van der Waals surface area (Å²) < 4.78 is 18.5. The predicted octanol–water partition coefficient (Wildman–Crippen LogP) is 3.01. The summed E-state index contributed by atoms with van der Waals surface area (Å²) in [6, 6.07) is 4.02. The predicted molar refractivity (Wildman–Crippen MR) is 73.0 cm³/mol. The van der Waals surface area contributed by atoms with E-state index >= 15 is 0 Å². The van der Waals surface area contributed by atoms with Gasteiger partial charge in [-0.25, -0.2) is 4.39 Å². The first kappa shape index (κ1) is 15.4. The normalized spacial score (nSPS) is 12.2. The zero-order chi connectivity index (χ0) is 13.5. The Bertz CT molecular complexity index is 397. The highest BCUT2D eigenvalue weighted by molar-refractivity contribution is 9.09. The summed E-state index contributed by atoms with van der Waals surface area (Å²) in [5.74, 6) is -1.14. The number of nitrogens with one attached hydrogen (secondary N) is 1. The Labute approximate surface area is 119 Å². The molecule has 0 radical (unpaired) electrons. The smallest absolute Gasteiger partial charge is 0.256 e. The molecule has 6 heteroatoms. The van der Waals surface area contributed by atoms with Gasteiger partial charge in [-0.2, -0.15) is 0 Å². The van der Waals surface area contributed by atoms with Crippen LogP contribution in [0.4, 0.5) is 4.39 Å². The molecule has 3 nitrogen and oxygen atoms in total. The second-order valence-electron chi connectivity index (χ2n) is 3.70. The van der Waals surface area contributed by atoms with E-state index in [2.05, 4.69) is 21.2 Å². The molecule has 0 saturated heterocycles. The Morgan fingerprint density at radius 1 is 1.61 bits per heavy atom. The van der Waals surface area contributed by atoms with E-state index in [9.17, 15) is 9.18 Å². The van der Waals surface area contributed by atoms with Gasteiger partial charge in [0, 0.05) is 25.1 Å². The molecule has 0 aliphatic carbocycles. The lowest BCUT2D eigenvalue weighted by Gasteiger charge is -2.16. The maximum atomic E-state index is 13.5. The highest BCUT2D eigenvalue weighted by Crippen LogP contribution is 2.19. The number of ether oxygens (including phenoxy) is 1. The number of rotatable bonds is 6. The van der Waals surface area contributed by atoms with E-state index in [4.69, 9.17) is 16.3 Å². The number of halogens is 3. The first-order chi connectivity index (χ1) is 8.60. The summed E-state index contributed by atoms with van der Waals surface area (Å²) in [5.41, 5.74) is -0.123. The minimum Gasteiger partial charge on any atom is -0.385 e. The molecule has 0 aliphatic rings. The first-order valence-electron chi connectivity index (χ1n) is 5.40. The van der Waals surface area contributed by atoms with Gasteiger partial charge in [0.15, 0.2) is 0 Å². The van der Waals surface area contributed by atoms with Crippen molar-refractivity contribution in [2.75, 3.05) is 19.0 Å². The summed E-state index contributed by atoms with van der Waals surface area (Å²) in [7, 11) is 1.58. The minimum atomic E-state index is -0.625. The van der Waals surface area contributed by atoms with Crippen molar-refractivity contribution in [3.8, 4) is 0 Å². The second kappa shape index (κ2) is 7.71. The zero-order valence-corrected chi connectivity index (χ0v) is 12.2. The molecule has 1 aromatic rings. The molecule has 100 valence electrons. The summed E-state index contributed by atoms with van der Waals surface area (Å²) in [5, 5.41) is 3.38. The van der Waals surface area contributed by atoms with Gasteiger partial charge in [0.05, 0.1) is 10.6 Å². The fourth-order valence-electron chi connectivity index (χ4n) is 1.42. The van der Waals surface area contributed by atoms with Gasteiger partial charge in [-0.1, -0.05) is 33.6 Å². The molecular weight excluding hydrogens is 324 g/mol. The number of amides is 1. The molecule has 1 N–H and O–H groups in total. The van der Waals surface area contributed by atoms with Crippen molar-refractivity contribution >= 4 is 33.4 Å². The quantitative estimate of drug-likeness (QED) is 0.810. The number of hydrogen-bond donors (Lipinski definition) is 1. The lowest BCUT2D eigenvalue weighted by molar-refractivity contribution is 0.0927. The van der Waals surface area contributed by atoms with Crippen molar-refractivity contribution < 1.29 is 13.9 Å². The number of methoxy groups -OCH3 is 1. The van der Waals surface area contributed by atoms with E-state index in [1.807, 2.05) is 0 Å². The third kappa shape index (κ3) is 4.23. The average Bonchev–Trinajstić information content (AvgIpc) is 2.34. The Balaban J connectivity index is 2.75. The molecule has 0 heterocycles. The summed E-state index contributed by atoms with van der Waals surface area (Å²) in [6.07, 6.45) is 0.638. The van der Waals surface area contributed by atoms with E-state index in [0.717, 1.165) is 0 Å². The molecule has 1 rings (SSSR count). The molecule has 0 aromatic heterocycles. The van der Waals surface area contributed by atoms with E-state index in [1.165, 1.54) is 18.2 Å². The van der Waals surface area contributed by atoms with Gasteiger partial charge in [0.1, 0.15) is 5.82 Å². The van der Waals surface area contributed by atoms with Gasteiger partial charge in [0.2, 0.25) is 0 Å². The Kier molecular flexibility index (Phi) is 6.60. The fraction of sp³-hybridized carbons (Fsp3) is 0.417. The van der Waals surface area contributed by atoms with Gasteiger partial charge >= 0.3 is 0 Å². The fourth-order valence-corrected chi connectivity index (χ4v) is 2.15. The van der Waals surface area contributed by atoms with Crippen LogP contribution in [-0.2, 0) is 4.74 Å². The van der Waals surface area contributed by atoms with Crippen LogP contribution in [0.3, 0.4) is 0 Å². The molecular formula is C12H14BrClFNO2. The molecule has 0 saturated carbocycles. The zero-order valence-electron chi connectivity index (χ0n) is 9.88. The molecule has 0 fully saturated rings. The third-order valence-corrected chi connectivity index (χ3v) is 3.48. The standard InChI is InChI=1S/C12H14BrClFNO2/c1-18-6-5-8(7-13)16-12(17)11-9(14)3-2-4-10(11)15/h2-4,8H,5-7H2,1H3,(H,16,17). The van der Waals surface area contributed by atoms with Crippen LogP contribution < -0.4 is 5.32 Å². The van der Waals surface area contributed by atoms with Crippen molar-refractivity contribution in [3.05, 3.63) is 34.6 Å². The molecule has 0 spiro atoms. The lowest BCUT2D eigenvalue weighted by atomic mass is 10.1. The maximum Gasteiger partial charge on any atom is 0.256 e. The van der Waals surface area contributed by atoms with Crippen LogP contribution in [0.2, 0.25) is 5.02 Å². The van der Waals surface area contributed by atoms with E-state index in [-0.39, 0.29) is 16.6 Å². The number of benzene rings is 1. The van der Waals surface area contributed by atoms with Crippen molar-refractivity contribution in [3.63, 3.8) is 0 Å². The molecule has 0 bridgehead atoms. The Morgan fingerprint density at radius 3 is 2.89 bits per heavy atom. The highest BCUT2D eigenvalue weighted by Gasteiger charge is 2.18. The van der Waals surface area contributed by atoms with Crippen molar-refractivity contribution in [1.82, 2.24) is 5.32 Å². The number of hydrogen-bond acceptors (Lipinski definition) is 2. The molecule has 1 amide bonds. The van der Waals surface area contributed by atoms with Crippen molar-refractivity contribution in [2.45, 2.75) is 12.5 Å². The summed E-state index contributed by atoms with van der Waals surface area (Å²) in [6.45, 7) is 0.515. The SMILES string of the molecule is COCCC(CBr)NC(=O)c1c(F)cccc1Cl. The average molecular weight is 339 g/mol. The van der Waals surface area contributed by atoms with Gasteiger partial charge in [-0.05, 0) is 18.6 Å². The lowest BCUT2D eigenvalue weighted by Crippen LogP contribution is -2.37. The van der Waals surface area contributed by atoms with E-state index < -0.39 is 11.7 Å². The van der Waals surface area contributed by atoms with Gasteiger partial charge < -0.3 is 10.1 Å². The number of alkyl halides is 1. The highest BCUT2D eigenvalue weighted by atomic mass is 79.9. The Morgan fingerprint density at radius 2 is 2.33 bits per heavy atom. The molecule has 1 unspecified atom stereocenters. The van der Waals surface area contributed by atoms with Crippen molar-refractivity contribution in [1.29, 1.82) is 0 Å². The summed E-state index contributed by atoms with van der Waals surface area (Å²) >= 11 is 9.11. The van der Waals surface area contributed by atoms with Crippen LogP contribution in [0, 0.1) is 5.82 Å². The first-order valence-corrected chi connectivity index (χ1v) is 6.89. The largest absolute Gasteiger partial charge is 0.385 e. The van der Waals surface area contributed by atoms with Crippen LogP contribution in [0.5, 0.6) is 0 Å². The molecule has 1 atom stereocenters. The van der Waals surface area contributed by atoms with Gasteiger partial charge in [-0.3, -0.25) is 4.79 Å². The molecule has 1 aromatic carbocycles. The van der Waals surface area contributed by atoms with E-state index in [1.54, 1.807) is 7.11 Å². The molecule has 0 aliphatic heterocycles. The van der Waals surface area contributed by atoms with Crippen LogP contribution >= 0.6 is 27.5 Å². The van der Waals surface area contributed by atoms with Gasteiger partial charge in [0.25, 0.3) is 5.91 Å². The number of carbonyl (C=O) groups is 1. The van der Waals surface area contributed by atoms with Crippen LogP contribution in [0.25, 0.3) is 0 Å².